The zero-order valence-electron chi connectivity index (χ0n) is 11.6. The van der Waals surface area contributed by atoms with Crippen LogP contribution in [0.5, 0.6) is 0 Å². The summed E-state index contributed by atoms with van der Waals surface area (Å²) in [4.78, 5) is 2.72. The minimum Gasteiger partial charge on any atom is -0.314 e. The van der Waals surface area contributed by atoms with Crippen LogP contribution in [0.1, 0.15) is 59.8 Å². The molecule has 0 amide bonds. The molecular weight excluding hydrogens is 196 g/mol. The first-order valence-electron chi connectivity index (χ1n) is 7.10. The third kappa shape index (κ3) is 4.84. The van der Waals surface area contributed by atoms with Crippen molar-refractivity contribution in [3.63, 3.8) is 0 Å². The molecule has 1 aliphatic rings. The van der Waals surface area contributed by atoms with Crippen LogP contribution in [-0.4, -0.2) is 36.1 Å². The monoisotopic (exact) mass is 226 g/mol. The van der Waals surface area contributed by atoms with Gasteiger partial charge < -0.3 is 5.32 Å². The first kappa shape index (κ1) is 14.0. The molecular formula is C14H30N2. The highest BCUT2D eigenvalue weighted by Gasteiger charge is 2.21. The van der Waals surface area contributed by atoms with Crippen molar-refractivity contribution >= 4 is 0 Å². The summed E-state index contributed by atoms with van der Waals surface area (Å²) in [5.74, 6) is 0. The number of nitrogens with zero attached hydrogens (tertiary/aromatic N) is 1. The number of likely N-dealkylation sites (tertiary alicyclic amines) is 1. The minimum absolute atomic E-state index is 0.619. The fraction of sp³-hybridized carbons (Fsp3) is 1.00. The highest BCUT2D eigenvalue weighted by molar-refractivity contribution is 4.77. The van der Waals surface area contributed by atoms with Crippen molar-refractivity contribution < 1.29 is 0 Å². The average Bonchev–Trinajstić information content (AvgIpc) is 2.42. The predicted molar refractivity (Wildman–Crippen MR) is 71.9 cm³/mol. The Balaban J connectivity index is 2.29. The summed E-state index contributed by atoms with van der Waals surface area (Å²) in [5, 5.41) is 3.52. The van der Waals surface area contributed by atoms with Gasteiger partial charge in [0.05, 0.1) is 0 Å². The SMILES string of the molecule is CC(C)NCCC(C)N1CCCCCC1C. The third-order valence-electron chi connectivity index (χ3n) is 3.79. The highest BCUT2D eigenvalue weighted by atomic mass is 15.2. The molecule has 1 fully saturated rings. The second kappa shape index (κ2) is 7.29. The molecule has 0 aromatic carbocycles. The van der Waals surface area contributed by atoms with Crippen LogP contribution in [0.2, 0.25) is 0 Å². The molecule has 2 heteroatoms. The van der Waals surface area contributed by atoms with E-state index in [0.29, 0.717) is 6.04 Å². The van der Waals surface area contributed by atoms with Crippen LogP contribution in [0.3, 0.4) is 0 Å². The summed E-state index contributed by atoms with van der Waals surface area (Å²) in [7, 11) is 0. The topological polar surface area (TPSA) is 15.3 Å². The van der Waals surface area contributed by atoms with E-state index in [1.54, 1.807) is 0 Å². The molecule has 1 heterocycles. The van der Waals surface area contributed by atoms with Crippen molar-refractivity contribution in [2.75, 3.05) is 13.1 Å². The van der Waals surface area contributed by atoms with Crippen LogP contribution < -0.4 is 5.32 Å². The molecule has 0 aromatic rings. The summed E-state index contributed by atoms with van der Waals surface area (Å²) in [6.07, 6.45) is 6.92. The quantitative estimate of drug-likeness (QED) is 0.775. The van der Waals surface area contributed by atoms with Crippen LogP contribution in [0.25, 0.3) is 0 Å². The molecule has 0 radical (unpaired) electrons. The molecule has 0 saturated carbocycles. The molecule has 2 nitrogen and oxygen atoms in total. The van der Waals surface area contributed by atoms with Gasteiger partial charge in [-0.15, -0.1) is 0 Å². The minimum atomic E-state index is 0.619. The van der Waals surface area contributed by atoms with E-state index >= 15 is 0 Å². The van der Waals surface area contributed by atoms with Gasteiger partial charge in [-0.25, -0.2) is 0 Å². The molecule has 0 aromatic heterocycles. The van der Waals surface area contributed by atoms with E-state index in [4.69, 9.17) is 0 Å². The lowest BCUT2D eigenvalue weighted by atomic mass is 10.1. The van der Waals surface area contributed by atoms with Gasteiger partial charge in [0, 0.05) is 18.1 Å². The zero-order chi connectivity index (χ0) is 12.0. The molecule has 0 aliphatic carbocycles. The summed E-state index contributed by atoms with van der Waals surface area (Å²) in [6.45, 7) is 11.7. The third-order valence-corrected chi connectivity index (χ3v) is 3.79. The summed E-state index contributed by atoms with van der Waals surface area (Å²) >= 11 is 0. The molecule has 1 aliphatic heterocycles. The van der Waals surface area contributed by atoms with Gasteiger partial charge in [0.15, 0.2) is 0 Å². The van der Waals surface area contributed by atoms with Gasteiger partial charge >= 0.3 is 0 Å². The first-order valence-corrected chi connectivity index (χ1v) is 7.10. The normalized spacial score (nSPS) is 25.7. The van der Waals surface area contributed by atoms with E-state index in [-0.39, 0.29) is 0 Å². The fourth-order valence-electron chi connectivity index (χ4n) is 2.70. The maximum atomic E-state index is 3.52. The van der Waals surface area contributed by atoms with E-state index in [9.17, 15) is 0 Å². The Bertz CT molecular complexity index is 180. The van der Waals surface area contributed by atoms with Crippen molar-refractivity contribution in [3.8, 4) is 0 Å². The summed E-state index contributed by atoms with van der Waals surface area (Å²) in [5.41, 5.74) is 0. The van der Waals surface area contributed by atoms with Crippen LogP contribution in [0.15, 0.2) is 0 Å². The number of nitrogens with one attached hydrogen (secondary N) is 1. The standard InChI is InChI=1S/C14H30N2/c1-12(2)15-10-9-14(4)16-11-7-5-6-8-13(16)3/h12-15H,5-11H2,1-4H3. The Kier molecular flexibility index (Phi) is 6.37. The highest BCUT2D eigenvalue weighted by Crippen LogP contribution is 2.19. The van der Waals surface area contributed by atoms with Crippen LogP contribution in [0.4, 0.5) is 0 Å². The Labute approximate surface area is 102 Å². The van der Waals surface area contributed by atoms with Crippen molar-refractivity contribution in [1.29, 1.82) is 0 Å². The molecule has 0 spiro atoms. The summed E-state index contributed by atoms with van der Waals surface area (Å²) < 4.78 is 0. The molecule has 2 atom stereocenters. The predicted octanol–water partition coefficient (Wildman–Crippen LogP) is 3.03. The maximum absolute atomic E-state index is 3.52. The number of hydrogen-bond donors (Lipinski definition) is 1. The Morgan fingerprint density at radius 1 is 1.19 bits per heavy atom. The Morgan fingerprint density at radius 3 is 2.62 bits per heavy atom. The molecule has 1 rings (SSSR count). The van der Waals surface area contributed by atoms with Gasteiger partial charge in [0.1, 0.15) is 0 Å². The van der Waals surface area contributed by atoms with Gasteiger partial charge in [-0.1, -0.05) is 26.7 Å². The van der Waals surface area contributed by atoms with Gasteiger partial charge in [0.25, 0.3) is 0 Å². The van der Waals surface area contributed by atoms with Crippen LogP contribution in [0, 0.1) is 0 Å². The lowest BCUT2D eigenvalue weighted by Gasteiger charge is -2.33. The van der Waals surface area contributed by atoms with Gasteiger partial charge in [-0.05, 0) is 46.2 Å². The number of hydrogen-bond acceptors (Lipinski definition) is 2. The van der Waals surface area contributed by atoms with Crippen molar-refractivity contribution in [1.82, 2.24) is 10.2 Å². The van der Waals surface area contributed by atoms with Gasteiger partial charge in [0.2, 0.25) is 0 Å². The molecule has 2 unspecified atom stereocenters. The van der Waals surface area contributed by atoms with E-state index in [0.717, 1.165) is 18.6 Å². The Morgan fingerprint density at radius 2 is 1.94 bits per heavy atom. The molecule has 1 saturated heterocycles. The van der Waals surface area contributed by atoms with Crippen LogP contribution in [-0.2, 0) is 0 Å². The fourth-order valence-corrected chi connectivity index (χ4v) is 2.70. The van der Waals surface area contributed by atoms with E-state index in [1.165, 1.54) is 38.6 Å². The summed E-state index contributed by atoms with van der Waals surface area (Å²) in [6, 6.07) is 2.14. The number of rotatable bonds is 5. The smallest absolute Gasteiger partial charge is 0.00818 e. The molecule has 96 valence electrons. The molecule has 16 heavy (non-hydrogen) atoms. The molecule has 1 N–H and O–H groups in total. The zero-order valence-corrected chi connectivity index (χ0v) is 11.6. The second-order valence-corrected chi connectivity index (χ2v) is 5.68. The molecule has 0 bridgehead atoms. The van der Waals surface area contributed by atoms with Crippen LogP contribution >= 0.6 is 0 Å². The van der Waals surface area contributed by atoms with Crippen molar-refractivity contribution in [2.45, 2.75) is 77.9 Å². The van der Waals surface area contributed by atoms with Crippen molar-refractivity contribution in [2.24, 2.45) is 0 Å². The van der Waals surface area contributed by atoms with E-state index < -0.39 is 0 Å². The largest absolute Gasteiger partial charge is 0.314 e. The Hall–Kier alpha value is -0.0800. The second-order valence-electron chi connectivity index (χ2n) is 5.68. The average molecular weight is 226 g/mol. The van der Waals surface area contributed by atoms with E-state index in [1.807, 2.05) is 0 Å². The van der Waals surface area contributed by atoms with Gasteiger partial charge in [-0.3, -0.25) is 4.90 Å². The lowest BCUT2D eigenvalue weighted by Crippen LogP contribution is -2.41. The van der Waals surface area contributed by atoms with E-state index in [2.05, 4.69) is 37.9 Å². The lowest BCUT2D eigenvalue weighted by molar-refractivity contribution is 0.149. The maximum Gasteiger partial charge on any atom is 0.00818 e. The van der Waals surface area contributed by atoms with Crippen molar-refractivity contribution in [3.05, 3.63) is 0 Å². The first-order chi connectivity index (χ1) is 7.61. The van der Waals surface area contributed by atoms with Gasteiger partial charge in [-0.2, -0.15) is 0 Å².